The SMILES string of the molecule is CC(C)c1c(N)n[nH]c1C1CCOCC1. The van der Waals surface area contributed by atoms with Crippen molar-refractivity contribution in [2.45, 2.75) is 38.5 Å². The number of hydrogen-bond acceptors (Lipinski definition) is 3. The molecule has 0 radical (unpaired) electrons. The number of rotatable bonds is 2. The van der Waals surface area contributed by atoms with Crippen LogP contribution in [0.4, 0.5) is 5.82 Å². The first-order valence-electron chi connectivity index (χ1n) is 5.61. The third-order valence-electron chi connectivity index (χ3n) is 3.07. The minimum absolute atomic E-state index is 0.432. The third-order valence-corrected chi connectivity index (χ3v) is 3.07. The molecule has 2 heterocycles. The highest BCUT2D eigenvalue weighted by Crippen LogP contribution is 2.33. The second-order valence-electron chi connectivity index (χ2n) is 4.48. The van der Waals surface area contributed by atoms with Crippen LogP contribution >= 0.6 is 0 Å². The summed E-state index contributed by atoms with van der Waals surface area (Å²) in [6.07, 6.45) is 2.14. The van der Waals surface area contributed by atoms with Gasteiger partial charge >= 0.3 is 0 Å². The van der Waals surface area contributed by atoms with E-state index in [4.69, 9.17) is 10.5 Å². The lowest BCUT2D eigenvalue weighted by molar-refractivity contribution is 0.0843. The Balaban J connectivity index is 2.26. The van der Waals surface area contributed by atoms with Crippen molar-refractivity contribution < 1.29 is 4.74 Å². The van der Waals surface area contributed by atoms with E-state index in [1.54, 1.807) is 0 Å². The van der Waals surface area contributed by atoms with Gasteiger partial charge in [-0.05, 0) is 18.8 Å². The van der Waals surface area contributed by atoms with Gasteiger partial charge in [0.15, 0.2) is 0 Å². The molecule has 1 aliphatic heterocycles. The number of aromatic amines is 1. The van der Waals surface area contributed by atoms with Crippen molar-refractivity contribution in [2.75, 3.05) is 18.9 Å². The van der Waals surface area contributed by atoms with Crippen molar-refractivity contribution in [3.8, 4) is 0 Å². The largest absolute Gasteiger partial charge is 0.382 e. The zero-order valence-corrected chi connectivity index (χ0v) is 9.42. The Kier molecular flexibility index (Phi) is 2.95. The van der Waals surface area contributed by atoms with Gasteiger partial charge in [0.25, 0.3) is 0 Å². The Hall–Kier alpha value is -1.03. The Morgan fingerprint density at radius 1 is 1.40 bits per heavy atom. The minimum atomic E-state index is 0.432. The van der Waals surface area contributed by atoms with Crippen LogP contribution < -0.4 is 5.73 Å². The molecule has 1 saturated heterocycles. The van der Waals surface area contributed by atoms with E-state index in [-0.39, 0.29) is 0 Å². The van der Waals surface area contributed by atoms with Crippen molar-refractivity contribution in [1.29, 1.82) is 0 Å². The Labute approximate surface area is 90.2 Å². The summed E-state index contributed by atoms with van der Waals surface area (Å²) in [5.41, 5.74) is 8.30. The molecule has 3 N–H and O–H groups in total. The molecular weight excluding hydrogens is 190 g/mol. The van der Waals surface area contributed by atoms with Gasteiger partial charge in [0.2, 0.25) is 0 Å². The van der Waals surface area contributed by atoms with Gasteiger partial charge in [-0.25, -0.2) is 0 Å². The van der Waals surface area contributed by atoms with Gasteiger partial charge < -0.3 is 10.5 Å². The lowest BCUT2D eigenvalue weighted by Crippen LogP contribution is -2.16. The fourth-order valence-electron chi connectivity index (χ4n) is 2.28. The number of nitrogens with two attached hydrogens (primary N) is 1. The maximum Gasteiger partial charge on any atom is 0.148 e. The van der Waals surface area contributed by atoms with Crippen LogP contribution in [0.1, 0.15) is 49.8 Å². The quantitative estimate of drug-likeness (QED) is 0.783. The number of nitrogen functional groups attached to an aromatic ring is 1. The predicted molar refractivity (Wildman–Crippen MR) is 59.9 cm³/mol. The normalized spacial score (nSPS) is 18.6. The fourth-order valence-corrected chi connectivity index (χ4v) is 2.28. The minimum Gasteiger partial charge on any atom is -0.382 e. The average molecular weight is 209 g/mol. The van der Waals surface area contributed by atoms with Gasteiger partial charge in [0.05, 0.1) is 0 Å². The number of aromatic nitrogens is 2. The molecule has 0 unspecified atom stereocenters. The van der Waals surface area contributed by atoms with E-state index in [0.29, 0.717) is 17.7 Å². The van der Waals surface area contributed by atoms with E-state index < -0.39 is 0 Å². The number of ether oxygens (including phenoxy) is 1. The van der Waals surface area contributed by atoms with Crippen molar-refractivity contribution in [2.24, 2.45) is 0 Å². The maximum absolute atomic E-state index is 5.88. The monoisotopic (exact) mass is 209 g/mol. The van der Waals surface area contributed by atoms with Crippen LogP contribution in [0, 0.1) is 0 Å². The van der Waals surface area contributed by atoms with E-state index in [1.165, 1.54) is 11.3 Å². The van der Waals surface area contributed by atoms with Crippen LogP contribution in [-0.2, 0) is 4.74 Å². The van der Waals surface area contributed by atoms with E-state index in [1.807, 2.05) is 0 Å². The van der Waals surface area contributed by atoms with Gasteiger partial charge in [-0.15, -0.1) is 0 Å². The molecule has 4 nitrogen and oxygen atoms in total. The molecule has 0 atom stereocenters. The zero-order chi connectivity index (χ0) is 10.8. The van der Waals surface area contributed by atoms with Gasteiger partial charge in [0.1, 0.15) is 5.82 Å². The van der Waals surface area contributed by atoms with Crippen molar-refractivity contribution in [3.05, 3.63) is 11.3 Å². The van der Waals surface area contributed by atoms with Crippen molar-refractivity contribution in [1.82, 2.24) is 10.2 Å². The summed E-state index contributed by atoms with van der Waals surface area (Å²) in [6.45, 7) is 6.01. The third kappa shape index (κ3) is 2.00. The van der Waals surface area contributed by atoms with Crippen LogP contribution in [0.3, 0.4) is 0 Å². The molecule has 0 bridgehead atoms. The molecule has 1 aromatic rings. The highest BCUT2D eigenvalue weighted by Gasteiger charge is 2.23. The van der Waals surface area contributed by atoms with Gasteiger partial charge in [-0.3, -0.25) is 5.10 Å². The molecule has 1 fully saturated rings. The number of hydrogen-bond donors (Lipinski definition) is 2. The molecule has 1 aliphatic rings. The number of nitrogens with zero attached hydrogens (tertiary/aromatic N) is 1. The Morgan fingerprint density at radius 2 is 2.07 bits per heavy atom. The van der Waals surface area contributed by atoms with E-state index in [0.717, 1.165) is 26.1 Å². The molecule has 2 rings (SSSR count). The smallest absolute Gasteiger partial charge is 0.148 e. The first-order chi connectivity index (χ1) is 7.20. The zero-order valence-electron chi connectivity index (χ0n) is 9.42. The molecule has 4 heteroatoms. The highest BCUT2D eigenvalue weighted by molar-refractivity contribution is 5.45. The topological polar surface area (TPSA) is 63.9 Å². The van der Waals surface area contributed by atoms with Gasteiger partial charge in [-0.1, -0.05) is 13.8 Å². The summed E-state index contributed by atoms with van der Waals surface area (Å²) in [4.78, 5) is 0. The summed E-state index contributed by atoms with van der Waals surface area (Å²) >= 11 is 0. The van der Waals surface area contributed by atoms with Crippen LogP contribution in [0.2, 0.25) is 0 Å². The molecule has 15 heavy (non-hydrogen) atoms. The molecule has 0 aliphatic carbocycles. The number of anilines is 1. The Bertz CT molecular complexity index is 327. The molecule has 84 valence electrons. The van der Waals surface area contributed by atoms with Crippen LogP contribution in [0.5, 0.6) is 0 Å². The fraction of sp³-hybridized carbons (Fsp3) is 0.727. The Morgan fingerprint density at radius 3 is 2.67 bits per heavy atom. The molecular formula is C11H19N3O. The first-order valence-corrected chi connectivity index (χ1v) is 5.61. The molecule has 0 saturated carbocycles. The molecule has 0 spiro atoms. The second-order valence-corrected chi connectivity index (χ2v) is 4.48. The highest BCUT2D eigenvalue weighted by atomic mass is 16.5. The summed E-state index contributed by atoms with van der Waals surface area (Å²) < 4.78 is 5.36. The van der Waals surface area contributed by atoms with Crippen molar-refractivity contribution >= 4 is 5.82 Å². The second kappa shape index (κ2) is 4.23. The molecule has 1 aromatic heterocycles. The number of H-pyrrole nitrogens is 1. The summed E-state index contributed by atoms with van der Waals surface area (Å²) in [6, 6.07) is 0. The van der Waals surface area contributed by atoms with Gasteiger partial charge in [0, 0.05) is 30.4 Å². The summed E-state index contributed by atoms with van der Waals surface area (Å²) in [5.74, 6) is 1.63. The van der Waals surface area contributed by atoms with E-state index in [2.05, 4.69) is 24.0 Å². The van der Waals surface area contributed by atoms with Gasteiger partial charge in [-0.2, -0.15) is 5.10 Å². The number of nitrogens with one attached hydrogen (secondary N) is 1. The lowest BCUT2D eigenvalue weighted by atomic mass is 9.90. The van der Waals surface area contributed by atoms with Crippen LogP contribution in [0.15, 0.2) is 0 Å². The summed E-state index contributed by atoms with van der Waals surface area (Å²) in [7, 11) is 0. The molecule has 0 aromatic carbocycles. The first kappa shape index (κ1) is 10.5. The molecule has 0 amide bonds. The van der Waals surface area contributed by atoms with E-state index in [9.17, 15) is 0 Å². The summed E-state index contributed by atoms with van der Waals surface area (Å²) in [5, 5.41) is 7.22. The van der Waals surface area contributed by atoms with Crippen LogP contribution in [0.25, 0.3) is 0 Å². The predicted octanol–water partition coefficient (Wildman–Crippen LogP) is 2.01. The van der Waals surface area contributed by atoms with Crippen molar-refractivity contribution in [3.63, 3.8) is 0 Å². The standard InChI is InChI=1S/C11H19N3O/c1-7(2)9-10(13-14-11(9)12)8-3-5-15-6-4-8/h7-8H,3-6H2,1-2H3,(H3,12,13,14). The average Bonchev–Trinajstić information content (AvgIpc) is 2.61. The van der Waals surface area contributed by atoms with Crippen LogP contribution in [-0.4, -0.2) is 23.4 Å². The van der Waals surface area contributed by atoms with E-state index >= 15 is 0 Å². The lowest BCUT2D eigenvalue weighted by Gasteiger charge is -2.22. The maximum atomic E-state index is 5.88.